The number of hydrogen-bond donors (Lipinski definition) is 1. The van der Waals surface area contributed by atoms with Crippen LogP contribution in [-0.4, -0.2) is 24.4 Å². The van der Waals surface area contributed by atoms with E-state index in [0.717, 1.165) is 12.8 Å². The second-order valence-electron chi connectivity index (χ2n) is 3.65. The number of methoxy groups -OCH3 is 1. The first-order valence-corrected chi connectivity index (χ1v) is 4.23. The molecule has 2 nitrogen and oxygen atoms in total. The van der Waals surface area contributed by atoms with Crippen molar-refractivity contribution in [3.05, 3.63) is 0 Å². The first-order valence-electron chi connectivity index (χ1n) is 4.23. The molecule has 2 unspecified atom stereocenters. The van der Waals surface area contributed by atoms with E-state index in [0.29, 0.717) is 12.5 Å². The monoisotopic (exact) mass is 160 g/mol. The minimum absolute atomic E-state index is 0.428. The Morgan fingerprint density at radius 2 is 2.09 bits per heavy atom. The summed E-state index contributed by atoms with van der Waals surface area (Å²) in [6.07, 6.45) is 1.93. The van der Waals surface area contributed by atoms with Crippen molar-refractivity contribution in [1.82, 2.24) is 0 Å². The van der Waals surface area contributed by atoms with E-state index in [1.54, 1.807) is 7.11 Å². The van der Waals surface area contributed by atoms with E-state index in [9.17, 15) is 5.11 Å². The Kier molecular flexibility index (Phi) is 4.69. The minimum Gasteiger partial charge on any atom is -0.388 e. The molecule has 2 atom stereocenters. The van der Waals surface area contributed by atoms with Crippen molar-refractivity contribution in [1.29, 1.82) is 0 Å². The molecule has 0 aromatic rings. The van der Waals surface area contributed by atoms with Gasteiger partial charge in [-0.05, 0) is 19.3 Å². The molecule has 0 bridgehead atoms. The summed E-state index contributed by atoms with van der Waals surface area (Å²) >= 11 is 0. The lowest BCUT2D eigenvalue weighted by atomic mass is 9.92. The van der Waals surface area contributed by atoms with Crippen molar-refractivity contribution >= 4 is 0 Å². The zero-order chi connectivity index (χ0) is 8.91. The maximum atomic E-state index is 9.69. The van der Waals surface area contributed by atoms with Gasteiger partial charge in [0.1, 0.15) is 0 Å². The van der Waals surface area contributed by atoms with Gasteiger partial charge in [0.25, 0.3) is 0 Å². The Bertz CT molecular complexity index is 99.7. The summed E-state index contributed by atoms with van der Waals surface area (Å²) in [5.74, 6) is 0.570. The smallest absolute Gasteiger partial charge is 0.0854 e. The lowest BCUT2D eigenvalue weighted by Gasteiger charge is -2.25. The van der Waals surface area contributed by atoms with Crippen LogP contribution in [0.1, 0.15) is 33.6 Å². The summed E-state index contributed by atoms with van der Waals surface area (Å²) in [6, 6.07) is 0. The van der Waals surface area contributed by atoms with Crippen molar-refractivity contribution in [3.8, 4) is 0 Å². The van der Waals surface area contributed by atoms with Gasteiger partial charge in [0.15, 0.2) is 0 Å². The van der Waals surface area contributed by atoms with E-state index < -0.39 is 5.60 Å². The lowest BCUT2D eigenvalue weighted by molar-refractivity contribution is -0.0322. The molecule has 0 saturated carbocycles. The highest BCUT2D eigenvalue weighted by Gasteiger charge is 2.22. The molecule has 0 fully saturated rings. The van der Waals surface area contributed by atoms with E-state index >= 15 is 0 Å². The van der Waals surface area contributed by atoms with Crippen LogP contribution in [0, 0.1) is 5.92 Å². The molecule has 0 amide bonds. The van der Waals surface area contributed by atoms with Crippen molar-refractivity contribution in [2.45, 2.75) is 39.2 Å². The van der Waals surface area contributed by atoms with Gasteiger partial charge in [0.05, 0.1) is 12.2 Å². The predicted octanol–water partition coefficient (Wildman–Crippen LogP) is 1.82. The number of hydrogen-bond acceptors (Lipinski definition) is 2. The van der Waals surface area contributed by atoms with Gasteiger partial charge >= 0.3 is 0 Å². The normalized spacial score (nSPS) is 19.4. The summed E-state index contributed by atoms with van der Waals surface area (Å²) in [5.41, 5.74) is -0.649. The predicted molar refractivity (Wildman–Crippen MR) is 46.6 cm³/mol. The van der Waals surface area contributed by atoms with Crippen LogP contribution in [0.4, 0.5) is 0 Å². The second kappa shape index (κ2) is 4.73. The van der Waals surface area contributed by atoms with Gasteiger partial charge in [0.2, 0.25) is 0 Å². The Balaban J connectivity index is 3.70. The molecule has 0 spiro atoms. The second-order valence-corrected chi connectivity index (χ2v) is 3.65. The Morgan fingerprint density at radius 3 is 2.45 bits per heavy atom. The molecular formula is C9H20O2. The van der Waals surface area contributed by atoms with E-state index in [1.807, 2.05) is 6.92 Å². The van der Waals surface area contributed by atoms with Gasteiger partial charge in [-0.1, -0.05) is 20.3 Å². The molecule has 0 radical (unpaired) electrons. The maximum Gasteiger partial charge on any atom is 0.0854 e. The van der Waals surface area contributed by atoms with Crippen LogP contribution in [0.3, 0.4) is 0 Å². The molecule has 0 aliphatic rings. The zero-order valence-electron chi connectivity index (χ0n) is 8.05. The molecule has 1 N–H and O–H groups in total. The first kappa shape index (κ1) is 10.9. The van der Waals surface area contributed by atoms with Crippen molar-refractivity contribution in [3.63, 3.8) is 0 Å². The van der Waals surface area contributed by atoms with Crippen LogP contribution in [0.5, 0.6) is 0 Å². The van der Waals surface area contributed by atoms with Crippen molar-refractivity contribution in [2.24, 2.45) is 5.92 Å². The van der Waals surface area contributed by atoms with E-state index in [-0.39, 0.29) is 0 Å². The van der Waals surface area contributed by atoms with Gasteiger partial charge in [-0.25, -0.2) is 0 Å². The standard InChI is InChI=1S/C9H20O2/c1-5-8(2)6-9(3,10)7-11-4/h8,10H,5-7H2,1-4H3. The lowest BCUT2D eigenvalue weighted by Crippen LogP contribution is -2.32. The number of rotatable bonds is 5. The largest absolute Gasteiger partial charge is 0.388 e. The van der Waals surface area contributed by atoms with Crippen LogP contribution in [0.15, 0.2) is 0 Å². The van der Waals surface area contributed by atoms with Crippen LogP contribution in [-0.2, 0) is 4.74 Å². The molecule has 0 aromatic carbocycles. The van der Waals surface area contributed by atoms with Gasteiger partial charge in [-0.3, -0.25) is 0 Å². The highest BCUT2D eigenvalue weighted by Crippen LogP contribution is 2.18. The highest BCUT2D eigenvalue weighted by atomic mass is 16.5. The Hall–Kier alpha value is -0.0800. The minimum atomic E-state index is -0.649. The topological polar surface area (TPSA) is 29.5 Å². The van der Waals surface area contributed by atoms with Gasteiger partial charge < -0.3 is 9.84 Å². The fraction of sp³-hybridized carbons (Fsp3) is 1.00. The summed E-state index contributed by atoms with van der Waals surface area (Å²) in [4.78, 5) is 0. The molecule has 0 saturated heterocycles. The first-order chi connectivity index (χ1) is 5.02. The van der Waals surface area contributed by atoms with E-state index in [4.69, 9.17) is 4.74 Å². The molecule has 11 heavy (non-hydrogen) atoms. The van der Waals surface area contributed by atoms with Crippen LogP contribution in [0.2, 0.25) is 0 Å². The number of ether oxygens (including phenoxy) is 1. The molecule has 68 valence electrons. The summed E-state index contributed by atoms with van der Waals surface area (Å²) in [6.45, 7) is 6.53. The third-order valence-electron chi connectivity index (χ3n) is 1.94. The Labute approximate surface area is 69.6 Å². The van der Waals surface area contributed by atoms with Gasteiger partial charge in [-0.15, -0.1) is 0 Å². The highest BCUT2D eigenvalue weighted by molar-refractivity contribution is 4.73. The van der Waals surface area contributed by atoms with E-state index in [1.165, 1.54) is 0 Å². The quantitative estimate of drug-likeness (QED) is 0.664. The SMILES string of the molecule is CCC(C)CC(C)(O)COC. The van der Waals surface area contributed by atoms with Crippen LogP contribution >= 0.6 is 0 Å². The van der Waals surface area contributed by atoms with Crippen molar-refractivity contribution < 1.29 is 9.84 Å². The van der Waals surface area contributed by atoms with Crippen LogP contribution in [0.25, 0.3) is 0 Å². The average molecular weight is 160 g/mol. The molecule has 0 heterocycles. The molecule has 0 aromatic heterocycles. The molecule has 0 aliphatic carbocycles. The summed E-state index contributed by atoms with van der Waals surface area (Å²) in [7, 11) is 1.62. The molecule has 0 rings (SSSR count). The summed E-state index contributed by atoms with van der Waals surface area (Å²) in [5, 5.41) is 9.69. The van der Waals surface area contributed by atoms with Crippen molar-refractivity contribution in [2.75, 3.05) is 13.7 Å². The number of aliphatic hydroxyl groups is 1. The third kappa shape index (κ3) is 5.22. The average Bonchev–Trinajstić information content (AvgIpc) is 1.86. The maximum absolute atomic E-state index is 9.69. The molecular weight excluding hydrogens is 140 g/mol. The zero-order valence-corrected chi connectivity index (χ0v) is 8.05. The van der Waals surface area contributed by atoms with Gasteiger partial charge in [-0.2, -0.15) is 0 Å². The molecule has 2 heteroatoms. The molecule has 0 aliphatic heterocycles. The van der Waals surface area contributed by atoms with Crippen LogP contribution < -0.4 is 0 Å². The Morgan fingerprint density at radius 1 is 1.55 bits per heavy atom. The van der Waals surface area contributed by atoms with E-state index in [2.05, 4.69) is 13.8 Å². The third-order valence-corrected chi connectivity index (χ3v) is 1.94. The fourth-order valence-electron chi connectivity index (χ4n) is 1.26. The summed E-state index contributed by atoms with van der Waals surface area (Å²) < 4.78 is 4.90. The van der Waals surface area contributed by atoms with Gasteiger partial charge in [0, 0.05) is 7.11 Å². The fourth-order valence-corrected chi connectivity index (χ4v) is 1.26.